The second-order valence-electron chi connectivity index (χ2n) is 6.92. The van der Waals surface area contributed by atoms with Gasteiger partial charge in [-0.15, -0.1) is 0 Å². The van der Waals surface area contributed by atoms with Crippen LogP contribution in [0, 0.1) is 0 Å². The predicted octanol–water partition coefficient (Wildman–Crippen LogP) is 4.89. The molecule has 2 heterocycles. The molecule has 3 aromatic rings. The maximum absolute atomic E-state index is 6.03. The molecule has 0 radical (unpaired) electrons. The summed E-state index contributed by atoms with van der Waals surface area (Å²) in [6.07, 6.45) is 6.23. The van der Waals surface area contributed by atoms with Gasteiger partial charge >= 0.3 is 0 Å². The van der Waals surface area contributed by atoms with Gasteiger partial charge in [0, 0.05) is 32.0 Å². The van der Waals surface area contributed by atoms with Crippen LogP contribution in [-0.2, 0) is 4.74 Å². The molecule has 1 aromatic heterocycles. The van der Waals surface area contributed by atoms with Crippen molar-refractivity contribution in [3.8, 4) is 0 Å². The minimum Gasteiger partial charge on any atom is -0.372 e. The lowest BCUT2D eigenvalue weighted by Gasteiger charge is -2.32. The van der Waals surface area contributed by atoms with Gasteiger partial charge in [-0.25, -0.2) is 4.98 Å². The fraction of sp³-hybridized carbons (Fsp3) is 0.208. The van der Waals surface area contributed by atoms with E-state index in [1.807, 2.05) is 37.5 Å². The van der Waals surface area contributed by atoms with Crippen LogP contribution in [0.4, 0.5) is 11.5 Å². The van der Waals surface area contributed by atoms with Crippen LogP contribution in [0.5, 0.6) is 0 Å². The molecule has 1 aliphatic rings. The quantitative estimate of drug-likeness (QED) is 0.638. The van der Waals surface area contributed by atoms with Gasteiger partial charge in [0.25, 0.3) is 0 Å². The minimum absolute atomic E-state index is 0.0865. The van der Waals surface area contributed by atoms with Gasteiger partial charge in [-0.1, -0.05) is 48.5 Å². The molecular weight excluding hydrogens is 346 g/mol. The summed E-state index contributed by atoms with van der Waals surface area (Å²) in [4.78, 5) is 8.82. The minimum atomic E-state index is 0.0865. The molecule has 2 aromatic carbocycles. The fourth-order valence-electron chi connectivity index (χ4n) is 3.36. The van der Waals surface area contributed by atoms with Crippen LogP contribution < -0.4 is 4.90 Å². The van der Waals surface area contributed by atoms with Gasteiger partial charge in [-0.3, -0.25) is 0 Å². The Bertz CT molecular complexity index is 894. The molecule has 0 saturated carbocycles. The first-order chi connectivity index (χ1) is 13.8. The van der Waals surface area contributed by atoms with Crippen molar-refractivity contribution in [2.75, 3.05) is 31.6 Å². The smallest absolute Gasteiger partial charge is 0.132 e. The van der Waals surface area contributed by atoms with E-state index in [2.05, 4.69) is 75.6 Å². The second-order valence-corrected chi connectivity index (χ2v) is 6.92. The number of nitrogens with zero attached hydrogens (tertiary/aromatic N) is 3. The molecule has 0 unspecified atom stereocenters. The van der Waals surface area contributed by atoms with Gasteiger partial charge in [0.1, 0.15) is 5.82 Å². The Morgan fingerprint density at radius 2 is 1.79 bits per heavy atom. The van der Waals surface area contributed by atoms with Crippen LogP contribution in [0.15, 0.2) is 85.2 Å². The SMILES string of the molecule is CN(c1ccc([C@H]2CN(C=Cc3ccccc3)CCO2)cc1)c1ccccn1. The molecule has 4 rings (SSSR count). The maximum Gasteiger partial charge on any atom is 0.132 e. The van der Waals surface area contributed by atoms with E-state index in [1.165, 1.54) is 11.1 Å². The summed E-state index contributed by atoms with van der Waals surface area (Å²) in [5.74, 6) is 0.932. The van der Waals surface area contributed by atoms with Gasteiger partial charge in [0.2, 0.25) is 0 Å². The summed E-state index contributed by atoms with van der Waals surface area (Å²) in [5.41, 5.74) is 3.53. The van der Waals surface area contributed by atoms with Crippen molar-refractivity contribution < 1.29 is 4.74 Å². The molecule has 0 N–H and O–H groups in total. The third-order valence-electron chi connectivity index (χ3n) is 5.02. The summed E-state index contributed by atoms with van der Waals surface area (Å²) in [5, 5.41) is 0. The van der Waals surface area contributed by atoms with Crippen LogP contribution in [0.3, 0.4) is 0 Å². The first-order valence-electron chi connectivity index (χ1n) is 9.63. The normalized spacial score (nSPS) is 17.0. The van der Waals surface area contributed by atoms with E-state index < -0.39 is 0 Å². The summed E-state index contributed by atoms with van der Waals surface area (Å²) < 4.78 is 6.03. The Kier molecular flexibility index (Phi) is 5.69. The Morgan fingerprint density at radius 3 is 2.54 bits per heavy atom. The van der Waals surface area contributed by atoms with E-state index in [9.17, 15) is 0 Å². The van der Waals surface area contributed by atoms with Crippen molar-refractivity contribution in [3.63, 3.8) is 0 Å². The number of pyridine rings is 1. The lowest BCUT2D eigenvalue weighted by molar-refractivity contribution is -0.0135. The lowest BCUT2D eigenvalue weighted by Crippen LogP contribution is -2.34. The van der Waals surface area contributed by atoms with E-state index in [0.29, 0.717) is 0 Å². The van der Waals surface area contributed by atoms with E-state index in [4.69, 9.17) is 4.74 Å². The first kappa shape index (κ1) is 18.3. The highest BCUT2D eigenvalue weighted by Gasteiger charge is 2.20. The number of hydrogen-bond acceptors (Lipinski definition) is 4. The number of hydrogen-bond donors (Lipinski definition) is 0. The van der Waals surface area contributed by atoms with Crippen LogP contribution in [0.25, 0.3) is 6.08 Å². The van der Waals surface area contributed by atoms with Crippen molar-refractivity contribution in [2.24, 2.45) is 0 Å². The molecule has 4 nitrogen and oxygen atoms in total. The molecule has 0 amide bonds. The second kappa shape index (κ2) is 8.72. The molecule has 1 aliphatic heterocycles. The van der Waals surface area contributed by atoms with Crippen LogP contribution >= 0.6 is 0 Å². The van der Waals surface area contributed by atoms with Gasteiger partial charge in [0.15, 0.2) is 0 Å². The number of morpholine rings is 1. The Morgan fingerprint density at radius 1 is 1.00 bits per heavy atom. The van der Waals surface area contributed by atoms with E-state index >= 15 is 0 Å². The standard InChI is InChI=1S/C24H25N3O/c1-26(24-9-5-6-15-25-24)22-12-10-21(11-13-22)23-19-27(17-18-28-23)16-14-20-7-3-2-4-8-20/h2-16,23H,17-19H2,1H3/t23-/m1/s1. The molecule has 1 atom stereocenters. The Balaban J connectivity index is 1.42. The molecule has 0 aliphatic carbocycles. The number of aromatic nitrogens is 1. The third kappa shape index (κ3) is 4.41. The van der Waals surface area contributed by atoms with Crippen molar-refractivity contribution in [2.45, 2.75) is 6.10 Å². The Hall–Kier alpha value is -3.11. The van der Waals surface area contributed by atoms with Crippen LogP contribution in [-0.4, -0.2) is 36.6 Å². The molecule has 142 valence electrons. The molecule has 1 saturated heterocycles. The fourth-order valence-corrected chi connectivity index (χ4v) is 3.36. The Labute approximate surface area is 166 Å². The zero-order valence-electron chi connectivity index (χ0n) is 16.1. The summed E-state index contributed by atoms with van der Waals surface area (Å²) in [6.45, 7) is 2.51. The number of rotatable bonds is 5. The van der Waals surface area contributed by atoms with Crippen LogP contribution in [0.1, 0.15) is 17.2 Å². The maximum atomic E-state index is 6.03. The predicted molar refractivity (Wildman–Crippen MR) is 114 cm³/mol. The molecule has 0 bridgehead atoms. The van der Waals surface area contributed by atoms with Crippen molar-refractivity contribution in [1.29, 1.82) is 0 Å². The largest absolute Gasteiger partial charge is 0.372 e. The van der Waals surface area contributed by atoms with Crippen molar-refractivity contribution in [3.05, 3.63) is 96.3 Å². The van der Waals surface area contributed by atoms with E-state index in [-0.39, 0.29) is 6.10 Å². The monoisotopic (exact) mass is 371 g/mol. The van der Waals surface area contributed by atoms with Gasteiger partial charge in [-0.05, 0) is 47.7 Å². The van der Waals surface area contributed by atoms with E-state index in [0.717, 1.165) is 31.2 Å². The average Bonchev–Trinajstić information content (AvgIpc) is 2.79. The number of anilines is 2. The highest BCUT2D eigenvalue weighted by atomic mass is 16.5. The highest BCUT2D eigenvalue weighted by molar-refractivity contribution is 5.59. The summed E-state index contributed by atoms with van der Waals surface area (Å²) in [6, 6.07) is 24.9. The van der Waals surface area contributed by atoms with Crippen molar-refractivity contribution >= 4 is 17.6 Å². The van der Waals surface area contributed by atoms with Gasteiger partial charge in [0.05, 0.1) is 12.7 Å². The summed E-state index contributed by atoms with van der Waals surface area (Å²) in [7, 11) is 2.03. The average molecular weight is 371 g/mol. The zero-order chi connectivity index (χ0) is 19.2. The van der Waals surface area contributed by atoms with Gasteiger partial charge in [-0.2, -0.15) is 0 Å². The van der Waals surface area contributed by atoms with E-state index in [1.54, 1.807) is 0 Å². The highest BCUT2D eigenvalue weighted by Crippen LogP contribution is 2.27. The third-order valence-corrected chi connectivity index (χ3v) is 5.02. The lowest BCUT2D eigenvalue weighted by atomic mass is 10.1. The topological polar surface area (TPSA) is 28.6 Å². The number of ether oxygens (including phenoxy) is 1. The first-order valence-corrected chi connectivity index (χ1v) is 9.63. The number of benzene rings is 2. The van der Waals surface area contributed by atoms with Crippen molar-refractivity contribution in [1.82, 2.24) is 9.88 Å². The molecule has 4 heteroatoms. The molecular formula is C24H25N3O. The zero-order valence-corrected chi connectivity index (χ0v) is 16.1. The summed E-state index contributed by atoms with van der Waals surface area (Å²) >= 11 is 0. The van der Waals surface area contributed by atoms with Gasteiger partial charge < -0.3 is 14.5 Å². The molecule has 28 heavy (non-hydrogen) atoms. The molecule has 1 fully saturated rings. The van der Waals surface area contributed by atoms with Crippen LogP contribution in [0.2, 0.25) is 0 Å². The molecule has 0 spiro atoms.